The highest BCUT2D eigenvalue weighted by Gasteiger charge is 2.10. The van der Waals surface area contributed by atoms with Crippen molar-refractivity contribution in [2.45, 2.75) is 116 Å². The summed E-state index contributed by atoms with van der Waals surface area (Å²) in [7, 11) is 0. The summed E-state index contributed by atoms with van der Waals surface area (Å²) in [5, 5.41) is 0. The van der Waals surface area contributed by atoms with Gasteiger partial charge in [-0.15, -0.1) is 0 Å². The molecular formula is C26H42O2. The van der Waals surface area contributed by atoms with Crippen LogP contribution in [0.3, 0.4) is 0 Å². The highest BCUT2D eigenvalue weighted by Crippen LogP contribution is 2.14. The molecule has 0 unspecified atom stereocenters. The fourth-order valence-corrected chi connectivity index (χ4v) is 3.69. The van der Waals surface area contributed by atoms with Gasteiger partial charge in [0, 0.05) is 12.0 Å². The summed E-state index contributed by atoms with van der Waals surface area (Å²) in [6.07, 6.45) is 20.5. The molecular weight excluding hydrogens is 344 g/mol. The van der Waals surface area contributed by atoms with Crippen LogP contribution in [0.25, 0.3) is 0 Å². The van der Waals surface area contributed by atoms with E-state index in [2.05, 4.69) is 6.92 Å². The van der Waals surface area contributed by atoms with Gasteiger partial charge in [0.15, 0.2) is 5.78 Å². The lowest BCUT2D eigenvalue weighted by Gasteiger charge is -2.04. The van der Waals surface area contributed by atoms with E-state index < -0.39 is 0 Å². The Balaban J connectivity index is 1.84. The molecule has 1 aromatic carbocycles. The Morgan fingerprint density at radius 2 is 1.04 bits per heavy atom. The molecule has 1 aromatic rings. The summed E-state index contributed by atoms with van der Waals surface area (Å²) in [4.78, 5) is 23.9. The van der Waals surface area contributed by atoms with Gasteiger partial charge >= 0.3 is 0 Å². The molecule has 0 saturated heterocycles. The number of unbranched alkanes of at least 4 members (excludes halogenated alkanes) is 14. The Labute approximate surface area is 173 Å². The summed E-state index contributed by atoms with van der Waals surface area (Å²) in [5.41, 5.74) is 0.646. The van der Waals surface area contributed by atoms with Crippen LogP contribution in [0.2, 0.25) is 0 Å². The maximum atomic E-state index is 12.0. The third-order valence-electron chi connectivity index (χ3n) is 5.51. The quantitative estimate of drug-likeness (QED) is 0.137. The number of ketones is 2. The summed E-state index contributed by atoms with van der Waals surface area (Å²) in [6.45, 7) is 2.27. The summed E-state index contributed by atoms with van der Waals surface area (Å²) in [5.74, 6) is 0.0371. The smallest absolute Gasteiger partial charge is 0.170 e. The summed E-state index contributed by atoms with van der Waals surface area (Å²) >= 11 is 0. The van der Waals surface area contributed by atoms with Crippen molar-refractivity contribution < 1.29 is 9.59 Å². The van der Waals surface area contributed by atoms with Crippen molar-refractivity contribution in [2.24, 2.45) is 0 Å². The van der Waals surface area contributed by atoms with E-state index in [0.717, 1.165) is 12.8 Å². The minimum absolute atomic E-state index is 0.0495. The van der Waals surface area contributed by atoms with Crippen molar-refractivity contribution in [2.75, 3.05) is 0 Å². The third kappa shape index (κ3) is 13.7. The molecule has 2 nitrogen and oxygen atoms in total. The molecule has 0 heterocycles. The van der Waals surface area contributed by atoms with Gasteiger partial charge in [0.25, 0.3) is 0 Å². The van der Waals surface area contributed by atoms with E-state index in [1.54, 1.807) is 12.1 Å². The average Bonchev–Trinajstić information content (AvgIpc) is 2.71. The molecule has 0 saturated carbocycles. The first-order valence-electron chi connectivity index (χ1n) is 11.8. The van der Waals surface area contributed by atoms with E-state index in [0.29, 0.717) is 12.0 Å². The normalized spacial score (nSPS) is 10.9. The Morgan fingerprint density at radius 1 is 0.607 bits per heavy atom. The molecule has 0 aliphatic carbocycles. The molecule has 0 atom stereocenters. The van der Waals surface area contributed by atoms with E-state index in [9.17, 15) is 9.59 Å². The molecule has 1 rings (SSSR count). The fourth-order valence-electron chi connectivity index (χ4n) is 3.69. The van der Waals surface area contributed by atoms with Crippen LogP contribution in [0.1, 0.15) is 126 Å². The number of hydrogen-bond donors (Lipinski definition) is 0. The molecule has 2 heteroatoms. The van der Waals surface area contributed by atoms with Gasteiger partial charge in [0.2, 0.25) is 0 Å². The first-order chi connectivity index (χ1) is 13.7. The van der Waals surface area contributed by atoms with Crippen LogP contribution in [0, 0.1) is 0 Å². The molecule has 0 amide bonds. The van der Waals surface area contributed by atoms with Gasteiger partial charge in [0.1, 0.15) is 5.78 Å². The van der Waals surface area contributed by atoms with Gasteiger partial charge in [0.05, 0.1) is 6.42 Å². The zero-order valence-electron chi connectivity index (χ0n) is 18.2. The van der Waals surface area contributed by atoms with Crippen LogP contribution in [-0.4, -0.2) is 11.6 Å². The zero-order valence-corrected chi connectivity index (χ0v) is 18.2. The molecule has 0 aromatic heterocycles. The number of Topliss-reactive ketones (excluding diaryl/α,β-unsaturated/α-hetero) is 2. The van der Waals surface area contributed by atoms with E-state index in [-0.39, 0.29) is 18.0 Å². The SMILES string of the molecule is CCCCCCCCCCCCCCCCCC(=O)CC(=O)c1ccccc1. The van der Waals surface area contributed by atoms with Crippen LogP contribution in [0.5, 0.6) is 0 Å². The Kier molecular flexibility index (Phi) is 15.5. The monoisotopic (exact) mass is 386 g/mol. The van der Waals surface area contributed by atoms with Crippen molar-refractivity contribution in [3.63, 3.8) is 0 Å². The summed E-state index contributed by atoms with van der Waals surface area (Å²) in [6, 6.07) is 9.12. The van der Waals surface area contributed by atoms with E-state index in [4.69, 9.17) is 0 Å². The van der Waals surface area contributed by atoms with Crippen LogP contribution in [0.15, 0.2) is 30.3 Å². The first-order valence-corrected chi connectivity index (χ1v) is 11.8. The second-order valence-corrected chi connectivity index (χ2v) is 8.20. The Hall–Kier alpha value is -1.44. The minimum atomic E-state index is -0.0495. The second kappa shape index (κ2) is 17.6. The molecule has 28 heavy (non-hydrogen) atoms. The minimum Gasteiger partial charge on any atom is -0.299 e. The van der Waals surface area contributed by atoms with Crippen LogP contribution >= 0.6 is 0 Å². The van der Waals surface area contributed by atoms with Gasteiger partial charge in [-0.25, -0.2) is 0 Å². The molecule has 0 N–H and O–H groups in total. The van der Waals surface area contributed by atoms with E-state index in [1.807, 2.05) is 18.2 Å². The lowest BCUT2D eigenvalue weighted by atomic mass is 10.0. The Bertz CT molecular complexity index is 506. The van der Waals surface area contributed by atoms with Gasteiger partial charge in [-0.05, 0) is 6.42 Å². The lowest BCUT2D eigenvalue weighted by Crippen LogP contribution is -2.07. The number of rotatable bonds is 19. The van der Waals surface area contributed by atoms with Crippen molar-refractivity contribution in [3.8, 4) is 0 Å². The van der Waals surface area contributed by atoms with Crippen molar-refractivity contribution >= 4 is 11.6 Å². The van der Waals surface area contributed by atoms with Crippen molar-refractivity contribution in [3.05, 3.63) is 35.9 Å². The molecule has 0 aliphatic heterocycles. The average molecular weight is 387 g/mol. The molecule has 0 bridgehead atoms. The van der Waals surface area contributed by atoms with Gasteiger partial charge in [-0.3, -0.25) is 9.59 Å². The standard InChI is InChI=1S/C26H42O2/c1-2-3-4-5-6-7-8-9-10-11-12-13-14-15-19-22-25(27)23-26(28)24-20-17-16-18-21-24/h16-18,20-21H,2-15,19,22-23H2,1H3. The van der Waals surface area contributed by atoms with E-state index >= 15 is 0 Å². The van der Waals surface area contributed by atoms with E-state index in [1.165, 1.54) is 83.5 Å². The zero-order chi connectivity index (χ0) is 20.3. The fraction of sp³-hybridized carbons (Fsp3) is 0.692. The largest absolute Gasteiger partial charge is 0.299 e. The van der Waals surface area contributed by atoms with Crippen LogP contribution < -0.4 is 0 Å². The first kappa shape index (κ1) is 24.6. The van der Waals surface area contributed by atoms with Gasteiger partial charge < -0.3 is 0 Å². The molecule has 0 radical (unpaired) electrons. The highest BCUT2D eigenvalue weighted by atomic mass is 16.1. The molecule has 158 valence electrons. The topological polar surface area (TPSA) is 34.1 Å². The maximum Gasteiger partial charge on any atom is 0.170 e. The molecule has 0 spiro atoms. The van der Waals surface area contributed by atoms with Crippen LogP contribution in [-0.2, 0) is 4.79 Å². The number of hydrogen-bond acceptors (Lipinski definition) is 2. The number of carbonyl (C=O) groups excluding carboxylic acids is 2. The van der Waals surface area contributed by atoms with Gasteiger partial charge in [-0.1, -0.05) is 127 Å². The van der Waals surface area contributed by atoms with Crippen molar-refractivity contribution in [1.29, 1.82) is 0 Å². The summed E-state index contributed by atoms with van der Waals surface area (Å²) < 4.78 is 0. The predicted molar refractivity (Wildman–Crippen MR) is 120 cm³/mol. The third-order valence-corrected chi connectivity index (χ3v) is 5.51. The second-order valence-electron chi connectivity index (χ2n) is 8.20. The maximum absolute atomic E-state index is 12.0. The van der Waals surface area contributed by atoms with Gasteiger partial charge in [-0.2, -0.15) is 0 Å². The number of benzene rings is 1. The Morgan fingerprint density at radius 3 is 1.50 bits per heavy atom. The molecule has 0 aliphatic rings. The lowest BCUT2D eigenvalue weighted by molar-refractivity contribution is -0.118. The number of carbonyl (C=O) groups is 2. The predicted octanol–water partition coefficient (Wildman–Crippen LogP) is 8.09. The van der Waals surface area contributed by atoms with Crippen molar-refractivity contribution in [1.82, 2.24) is 0 Å². The highest BCUT2D eigenvalue weighted by molar-refractivity contribution is 6.07. The molecule has 0 fully saturated rings. The van der Waals surface area contributed by atoms with Crippen LogP contribution in [0.4, 0.5) is 0 Å².